The number of piperidine rings is 1. The highest BCUT2D eigenvalue weighted by Gasteiger charge is 2.29. The van der Waals surface area contributed by atoms with Crippen LogP contribution in [0.2, 0.25) is 0 Å². The average Bonchev–Trinajstić information content (AvgIpc) is 3.30. The lowest BCUT2D eigenvalue weighted by molar-refractivity contribution is -0.114. The molecule has 2 heterocycles. The fraction of sp³-hybridized carbons (Fsp3) is 0.333. The van der Waals surface area contributed by atoms with Crippen molar-refractivity contribution in [2.24, 2.45) is 0 Å². The number of carbonyl (C=O) groups is 2. The molecule has 0 bridgehead atoms. The van der Waals surface area contributed by atoms with Gasteiger partial charge in [0.15, 0.2) is 0 Å². The van der Waals surface area contributed by atoms with Crippen LogP contribution in [0.25, 0.3) is 11.4 Å². The first-order valence-corrected chi connectivity index (χ1v) is 10.8. The number of nitrogens with one attached hydrogen (secondary N) is 1. The molecule has 4 rings (SSSR count). The molecule has 2 aromatic carbocycles. The zero-order valence-corrected chi connectivity index (χ0v) is 18.2. The summed E-state index contributed by atoms with van der Waals surface area (Å²) in [5, 5.41) is 6.85. The minimum atomic E-state index is -0.124. The number of amides is 2. The van der Waals surface area contributed by atoms with Crippen molar-refractivity contribution in [1.82, 2.24) is 15.0 Å². The molecule has 8 heteroatoms. The van der Waals surface area contributed by atoms with Gasteiger partial charge in [0.2, 0.25) is 17.6 Å². The highest BCUT2D eigenvalue weighted by molar-refractivity contribution is 5.94. The summed E-state index contributed by atoms with van der Waals surface area (Å²) in [7, 11) is 0. The van der Waals surface area contributed by atoms with E-state index in [1.165, 1.54) is 6.92 Å². The standard InChI is InChI=1S/C24H26N4O4/c1-3-31-21-12-8-18(9-13-21)24(30)28-14-4-5-19(15-28)23-26-22(27-32-23)17-6-10-20(11-7-17)25-16(2)29/h6-13,19H,3-5,14-15H2,1-2H3,(H,25,29). The molecule has 8 nitrogen and oxygen atoms in total. The molecule has 1 N–H and O–H groups in total. The molecule has 2 amide bonds. The summed E-state index contributed by atoms with van der Waals surface area (Å²) in [5.41, 5.74) is 2.15. The summed E-state index contributed by atoms with van der Waals surface area (Å²) in [6.45, 7) is 5.22. The second kappa shape index (κ2) is 9.64. The first-order valence-electron chi connectivity index (χ1n) is 10.8. The van der Waals surface area contributed by atoms with Crippen molar-refractivity contribution < 1.29 is 18.8 Å². The molecule has 0 spiro atoms. The minimum absolute atomic E-state index is 0.00435. The molecule has 1 fully saturated rings. The number of aromatic nitrogens is 2. The minimum Gasteiger partial charge on any atom is -0.494 e. The van der Waals surface area contributed by atoms with E-state index in [1.54, 1.807) is 24.3 Å². The summed E-state index contributed by atoms with van der Waals surface area (Å²) in [6, 6.07) is 14.5. The smallest absolute Gasteiger partial charge is 0.253 e. The predicted octanol–water partition coefficient (Wildman–Crippen LogP) is 4.11. The largest absolute Gasteiger partial charge is 0.494 e. The van der Waals surface area contributed by atoms with Crippen LogP contribution >= 0.6 is 0 Å². The summed E-state index contributed by atoms with van der Waals surface area (Å²) in [5.74, 6) is 1.64. The van der Waals surface area contributed by atoms with Crippen LogP contribution in [0, 0.1) is 0 Å². The number of ether oxygens (including phenoxy) is 1. The number of anilines is 1. The van der Waals surface area contributed by atoms with E-state index in [1.807, 2.05) is 36.1 Å². The van der Waals surface area contributed by atoms with E-state index in [-0.39, 0.29) is 17.7 Å². The lowest BCUT2D eigenvalue weighted by atomic mass is 9.97. The van der Waals surface area contributed by atoms with Gasteiger partial charge in [0, 0.05) is 36.8 Å². The number of carbonyl (C=O) groups excluding carboxylic acids is 2. The van der Waals surface area contributed by atoms with Crippen LogP contribution in [-0.4, -0.2) is 46.6 Å². The Morgan fingerprint density at radius 1 is 1.16 bits per heavy atom. The molecular weight excluding hydrogens is 408 g/mol. The van der Waals surface area contributed by atoms with Crippen LogP contribution in [0.5, 0.6) is 5.75 Å². The molecule has 0 saturated carbocycles. The Morgan fingerprint density at radius 3 is 2.59 bits per heavy atom. The lowest BCUT2D eigenvalue weighted by Gasteiger charge is -2.31. The van der Waals surface area contributed by atoms with Crippen molar-refractivity contribution in [1.29, 1.82) is 0 Å². The van der Waals surface area contributed by atoms with Crippen molar-refractivity contribution >= 4 is 17.5 Å². The maximum absolute atomic E-state index is 13.0. The zero-order valence-electron chi connectivity index (χ0n) is 18.2. The van der Waals surface area contributed by atoms with Gasteiger partial charge < -0.3 is 19.5 Å². The van der Waals surface area contributed by atoms with Crippen molar-refractivity contribution in [2.45, 2.75) is 32.6 Å². The Kier molecular flexibility index (Phi) is 6.49. The molecular formula is C24H26N4O4. The molecule has 1 saturated heterocycles. The molecule has 166 valence electrons. The molecule has 1 aliphatic rings. The quantitative estimate of drug-likeness (QED) is 0.627. The molecule has 0 radical (unpaired) electrons. The maximum Gasteiger partial charge on any atom is 0.253 e. The van der Waals surface area contributed by atoms with Crippen LogP contribution in [0.3, 0.4) is 0 Å². The Bertz CT molecular complexity index is 1080. The van der Waals surface area contributed by atoms with E-state index in [9.17, 15) is 9.59 Å². The highest BCUT2D eigenvalue weighted by atomic mass is 16.5. The van der Waals surface area contributed by atoms with Gasteiger partial charge in [-0.15, -0.1) is 0 Å². The maximum atomic E-state index is 13.0. The third-order valence-corrected chi connectivity index (χ3v) is 5.38. The van der Waals surface area contributed by atoms with Gasteiger partial charge in [-0.25, -0.2) is 0 Å². The summed E-state index contributed by atoms with van der Waals surface area (Å²) < 4.78 is 11.0. The fourth-order valence-corrected chi connectivity index (χ4v) is 3.83. The number of nitrogens with zero attached hydrogens (tertiary/aromatic N) is 3. The molecule has 32 heavy (non-hydrogen) atoms. The molecule has 1 unspecified atom stereocenters. The second-order valence-corrected chi connectivity index (χ2v) is 7.76. The second-order valence-electron chi connectivity index (χ2n) is 7.76. The van der Waals surface area contributed by atoms with E-state index in [0.717, 1.165) is 24.2 Å². The van der Waals surface area contributed by atoms with Gasteiger partial charge in [-0.2, -0.15) is 4.98 Å². The summed E-state index contributed by atoms with van der Waals surface area (Å²) in [4.78, 5) is 30.6. The van der Waals surface area contributed by atoms with Crippen molar-refractivity contribution in [3.8, 4) is 17.1 Å². The first-order chi connectivity index (χ1) is 15.5. The van der Waals surface area contributed by atoms with Gasteiger partial charge in [0.05, 0.1) is 12.5 Å². The summed E-state index contributed by atoms with van der Waals surface area (Å²) >= 11 is 0. The number of hydrogen-bond donors (Lipinski definition) is 1. The van der Waals surface area contributed by atoms with Crippen molar-refractivity contribution in [3.63, 3.8) is 0 Å². The Balaban J connectivity index is 1.43. The normalized spacial score (nSPS) is 15.9. The molecule has 0 aliphatic carbocycles. The van der Waals surface area contributed by atoms with E-state index in [4.69, 9.17) is 9.26 Å². The molecule has 1 aliphatic heterocycles. The van der Waals surface area contributed by atoms with E-state index in [2.05, 4.69) is 15.5 Å². The molecule has 1 atom stereocenters. The Hall–Kier alpha value is -3.68. The van der Waals surface area contributed by atoms with E-state index >= 15 is 0 Å². The molecule has 3 aromatic rings. The van der Waals surface area contributed by atoms with Gasteiger partial charge in [0.25, 0.3) is 5.91 Å². The third-order valence-electron chi connectivity index (χ3n) is 5.38. The Labute approximate surface area is 186 Å². The zero-order chi connectivity index (χ0) is 22.5. The fourth-order valence-electron chi connectivity index (χ4n) is 3.83. The topological polar surface area (TPSA) is 97.6 Å². The lowest BCUT2D eigenvalue weighted by Crippen LogP contribution is -2.39. The van der Waals surface area contributed by atoms with Gasteiger partial charge in [0.1, 0.15) is 5.75 Å². The van der Waals surface area contributed by atoms with E-state index in [0.29, 0.717) is 42.7 Å². The SMILES string of the molecule is CCOc1ccc(C(=O)N2CCCC(c3nc(-c4ccc(NC(C)=O)cc4)no3)C2)cc1. The Morgan fingerprint density at radius 2 is 1.91 bits per heavy atom. The molecule has 1 aromatic heterocycles. The van der Waals surface area contributed by atoms with Crippen LogP contribution in [0.15, 0.2) is 53.1 Å². The van der Waals surface area contributed by atoms with Crippen LogP contribution in [0.1, 0.15) is 48.9 Å². The van der Waals surface area contributed by atoms with Crippen molar-refractivity contribution in [3.05, 3.63) is 60.0 Å². The summed E-state index contributed by atoms with van der Waals surface area (Å²) in [6.07, 6.45) is 1.76. The highest BCUT2D eigenvalue weighted by Crippen LogP contribution is 2.29. The van der Waals surface area contributed by atoms with E-state index < -0.39 is 0 Å². The van der Waals surface area contributed by atoms with Gasteiger partial charge >= 0.3 is 0 Å². The van der Waals surface area contributed by atoms with Crippen LogP contribution < -0.4 is 10.1 Å². The van der Waals surface area contributed by atoms with Gasteiger partial charge in [-0.1, -0.05) is 5.16 Å². The number of benzene rings is 2. The monoisotopic (exact) mass is 434 g/mol. The van der Waals surface area contributed by atoms with Crippen LogP contribution in [0.4, 0.5) is 5.69 Å². The van der Waals surface area contributed by atoms with Gasteiger partial charge in [-0.3, -0.25) is 9.59 Å². The first kappa shape index (κ1) is 21.5. The number of hydrogen-bond acceptors (Lipinski definition) is 6. The van der Waals surface area contributed by atoms with Crippen LogP contribution in [-0.2, 0) is 4.79 Å². The number of likely N-dealkylation sites (tertiary alicyclic amines) is 1. The van der Waals surface area contributed by atoms with Gasteiger partial charge in [-0.05, 0) is 68.3 Å². The van der Waals surface area contributed by atoms with Crippen molar-refractivity contribution in [2.75, 3.05) is 25.0 Å². The predicted molar refractivity (Wildman–Crippen MR) is 120 cm³/mol. The average molecular weight is 434 g/mol. The number of rotatable bonds is 6. The third kappa shape index (κ3) is 4.96.